The minimum Gasteiger partial charge on any atom is -0.469 e. The monoisotopic (exact) mass is 380 g/mol. The van der Waals surface area contributed by atoms with Crippen molar-refractivity contribution in [1.29, 1.82) is 0 Å². The topological polar surface area (TPSA) is 83.8 Å². The summed E-state index contributed by atoms with van der Waals surface area (Å²) < 4.78 is 4.59. The Morgan fingerprint density at radius 1 is 1.30 bits per heavy atom. The van der Waals surface area contributed by atoms with Crippen LogP contribution in [0.25, 0.3) is 0 Å². The average Bonchev–Trinajstić information content (AvgIpc) is 2.89. The molecule has 1 unspecified atom stereocenters. The largest absolute Gasteiger partial charge is 0.469 e. The molecule has 1 aliphatic carbocycles. The summed E-state index contributed by atoms with van der Waals surface area (Å²) in [5.74, 6) is -0.475. The van der Waals surface area contributed by atoms with Crippen LogP contribution in [0.5, 0.6) is 0 Å². The molecule has 0 aromatic carbocycles. The summed E-state index contributed by atoms with van der Waals surface area (Å²) in [7, 11) is 1.37. The molecule has 0 bridgehead atoms. The fourth-order valence-corrected chi connectivity index (χ4v) is 3.55. The molecule has 5 nitrogen and oxygen atoms in total. The van der Waals surface area contributed by atoms with Crippen LogP contribution in [0, 0.1) is 11.8 Å². The highest BCUT2D eigenvalue weighted by Gasteiger charge is 2.39. The molecule has 0 saturated heterocycles. The highest BCUT2D eigenvalue weighted by atomic mass is 16.5. The van der Waals surface area contributed by atoms with E-state index in [-0.39, 0.29) is 30.0 Å². The molecule has 0 heterocycles. The Labute approximate surface area is 163 Å². The van der Waals surface area contributed by atoms with Crippen molar-refractivity contribution in [2.24, 2.45) is 11.8 Å². The van der Waals surface area contributed by atoms with Crippen LogP contribution in [0.1, 0.15) is 71.6 Å². The first-order valence-corrected chi connectivity index (χ1v) is 10.1. The number of allylic oxidation sites excluding steroid dienone is 2. The number of ketones is 1. The minimum absolute atomic E-state index is 0.109. The molecule has 1 aliphatic rings. The summed E-state index contributed by atoms with van der Waals surface area (Å²) in [5, 5.41) is 20.6. The van der Waals surface area contributed by atoms with Crippen molar-refractivity contribution >= 4 is 11.8 Å². The Morgan fingerprint density at radius 2 is 2.00 bits per heavy atom. The van der Waals surface area contributed by atoms with Crippen molar-refractivity contribution in [3.63, 3.8) is 0 Å². The van der Waals surface area contributed by atoms with Gasteiger partial charge in [-0.2, -0.15) is 0 Å². The van der Waals surface area contributed by atoms with Crippen LogP contribution < -0.4 is 0 Å². The maximum atomic E-state index is 12.2. The maximum Gasteiger partial charge on any atom is 0.305 e. The first-order valence-electron chi connectivity index (χ1n) is 10.1. The number of methoxy groups -OCH3 is 1. The summed E-state index contributed by atoms with van der Waals surface area (Å²) in [6.07, 6.45) is 13.0. The quantitative estimate of drug-likeness (QED) is 0.398. The van der Waals surface area contributed by atoms with E-state index in [1.165, 1.54) is 7.11 Å². The van der Waals surface area contributed by atoms with Crippen molar-refractivity contribution in [3.05, 3.63) is 24.3 Å². The Bertz CT molecular complexity index is 521. The number of esters is 1. The maximum absolute atomic E-state index is 12.2. The molecule has 1 rings (SSSR count). The van der Waals surface area contributed by atoms with Gasteiger partial charge in [-0.1, -0.05) is 44.1 Å². The van der Waals surface area contributed by atoms with Crippen molar-refractivity contribution < 1.29 is 24.5 Å². The number of hydrogen-bond acceptors (Lipinski definition) is 5. The van der Waals surface area contributed by atoms with Crippen molar-refractivity contribution in [1.82, 2.24) is 0 Å². The van der Waals surface area contributed by atoms with Gasteiger partial charge in [0.2, 0.25) is 0 Å². The summed E-state index contributed by atoms with van der Waals surface area (Å²) in [5.41, 5.74) is -0.738. The molecule has 0 amide bonds. The lowest BCUT2D eigenvalue weighted by Crippen LogP contribution is -2.23. The standard InChI is InChI=1S/C22H36O5/c1-4-5-14-22(2,26)15-10-12-18-17(19(23)16-20(18)24)11-8-6-7-9-13-21(25)27-3/h6-7,10,12,17-18,20,24,26H,4-5,8-9,11,13-16H2,1-3H3/b7-6?,12-10+/t17-,18-,20-,22?/m1/s1. The van der Waals surface area contributed by atoms with Crippen LogP contribution >= 0.6 is 0 Å². The Kier molecular flexibility index (Phi) is 10.6. The van der Waals surface area contributed by atoms with Gasteiger partial charge in [0.15, 0.2) is 0 Å². The number of carbonyl (C=O) groups excluding carboxylic acids is 2. The van der Waals surface area contributed by atoms with Gasteiger partial charge in [-0.05, 0) is 39.0 Å². The van der Waals surface area contributed by atoms with Crippen LogP contribution in [0.3, 0.4) is 0 Å². The highest BCUT2D eigenvalue weighted by molar-refractivity contribution is 5.84. The molecule has 0 aliphatic heterocycles. The third-order valence-corrected chi connectivity index (χ3v) is 5.27. The van der Waals surface area contributed by atoms with E-state index in [1.54, 1.807) is 0 Å². The van der Waals surface area contributed by atoms with E-state index in [2.05, 4.69) is 11.7 Å². The molecular weight excluding hydrogens is 344 g/mol. The summed E-state index contributed by atoms with van der Waals surface area (Å²) >= 11 is 0. The lowest BCUT2D eigenvalue weighted by atomic mass is 9.88. The number of ether oxygens (including phenoxy) is 1. The number of rotatable bonds is 12. The zero-order chi connectivity index (χ0) is 20.3. The van der Waals surface area contributed by atoms with Gasteiger partial charge in [0.1, 0.15) is 5.78 Å². The highest BCUT2D eigenvalue weighted by Crippen LogP contribution is 2.34. The first kappa shape index (κ1) is 23.6. The molecule has 5 heteroatoms. The molecule has 1 fully saturated rings. The van der Waals surface area contributed by atoms with Gasteiger partial charge in [0.05, 0.1) is 18.8 Å². The number of carbonyl (C=O) groups is 2. The summed E-state index contributed by atoms with van der Waals surface area (Å²) in [6, 6.07) is 0. The second-order valence-corrected chi connectivity index (χ2v) is 7.82. The molecule has 4 atom stereocenters. The second-order valence-electron chi connectivity index (χ2n) is 7.82. The Morgan fingerprint density at radius 3 is 2.67 bits per heavy atom. The predicted molar refractivity (Wildman–Crippen MR) is 106 cm³/mol. The van der Waals surface area contributed by atoms with E-state index in [0.29, 0.717) is 25.7 Å². The Hall–Kier alpha value is -1.46. The smallest absolute Gasteiger partial charge is 0.305 e. The zero-order valence-electron chi connectivity index (χ0n) is 17.0. The number of unbranched alkanes of at least 4 members (excludes halogenated alkanes) is 1. The molecular formula is C22H36O5. The molecule has 0 radical (unpaired) electrons. The van der Waals surface area contributed by atoms with E-state index < -0.39 is 11.7 Å². The molecule has 0 spiro atoms. The van der Waals surface area contributed by atoms with Crippen LogP contribution in [0.4, 0.5) is 0 Å². The zero-order valence-corrected chi connectivity index (χ0v) is 17.0. The van der Waals surface area contributed by atoms with Crippen LogP contribution in [0.15, 0.2) is 24.3 Å². The lowest BCUT2D eigenvalue weighted by Gasteiger charge is -2.22. The average molecular weight is 381 g/mol. The first-order chi connectivity index (χ1) is 12.8. The van der Waals surface area contributed by atoms with E-state index in [4.69, 9.17) is 0 Å². The molecule has 0 aromatic heterocycles. The number of aliphatic hydroxyl groups excluding tert-OH is 1. The van der Waals surface area contributed by atoms with Gasteiger partial charge in [0.25, 0.3) is 0 Å². The van der Waals surface area contributed by atoms with E-state index in [0.717, 1.165) is 25.7 Å². The van der Waals surface area contributed by atoms with Crippen molar-refractivity contribution in [3.8, 4) is 0 Å². The predicted octanol–water partition coefficient (Wildman–Crippen LogP) is 3.73. The number of Topliss-reactive ketones (excluding diaryl/α,β-unsaturated/α-hetero) is 1. The van der Waals surface area contributed by atoms with Gasteiger partial charge in [-0.15, -0.1) is 0 Å². The van der Waals surface area contributed by atoms with E-state index >= 15 is 0 Å². The minimum atomic E-state index is -0.738. The molecule has 0 aromatic rings. The van der Waals surface area contributed by atoms with Crippen LogP contribution in [0.2, 0.25) is 0 Å². The van der Waals surface area contributed by atoms with Crippen molar-refractivity contribution in [2.75, 3.05) is 7.11 Å². The molecule has 154 valence electrons. The lowest BCUT2D eigenvalue weighted by molar-refractivity contribution is -0.140. The fourth-order valence-electron chi connectivity index (χ4n) is 3.55. The second kappa shape index (κ2) is 12.1. The Balaban J connectivity index is 2.49. The van der Waals surface area contributed by atoms with Gasteiger partial charge in [0, 0.05) is 24.7 Å². The van der Waals surface area contributed by atoms with E-state index in [1.807, 2.05) is 31.2 Å². The van der Waals surface area contributed by atoms with Gasteiger partial charge in [-0.3, -0.25) is 9.59 Å². The molecule has 2 N–H and O–H groups in total. The van der Waals surface area contributed by atoms with Gasteiger partial charge < -0.3 is 14.9 Å². The summed E-state index contributed by atoms with van der Waals surface area (Å²) in [4.78, 5) is 23.3. The van der Waals surface area contributed by atoms with Crippen LogP contribution in [-0.2, 0) is 14.3 Å². The number of aliphatic hydroxyl groups is 2. The summed E-state index contributed by atoms with van der Waals surface area (Å²) in [6.45, 7) is 3.93. The number of hydrogen-bond donors (Lipinski definition) is 2. The van der Waals surface area contributed by atoms with Gasteiger partial charge in [-0.25, -0.2) is 0 Å². The third kappa shape index (κ3) is 8.85. The van der Waals surface area contributed by atoms with Crippen LogP contribution in [-0.4, -0.2) is 40.8 Å². The molecule has 1 saturated carbocycles. The normalized spacial score (nSPS) is 25.4. The van der Waals surface area contributed by atoms with Gasteiger partial charge >= 0.3 is 5.97 Å². The van der Waals surface area contributed by atoms with E-state index in [9.17, 15) is 19.8 Å². The molecule has 27 heavy (non-hydrogen) atoms. The fraction of sp³-hybridized carbons (Fsp3) is 0.727. The SMILES string of the molecule is CCCCC(C)(O)C/C=C/[C@H]1[C@H](O)CC(=O)[C@@H]1CCC=CCCC(=O)OC. The third-order valence-electron chi connectivity index (χ3n) is 5.27. The van der Waals surface area contributed by atoms with Crippen molar-refractivity contribution in [2.45, 2.75) is 83.3 Å².